The molecule has 1 N–H and O–H groups in total. The number of alkyl halides is 3. The second-order valence-corrected chi connectivity index (χ2v) is 4.41. The Kier molecular flexibility index (Phi) is 6.37. The van der Waals surface area contributed by atoms with Crippen LogP contribution in [0.5, 0.6) is 0 Å². The van der Waals surface area contributed by atoms with E-state index < -0.39 is 12.8 Å². The largest absolute Gasteiger partial charge is 0.465 e. The topological polar surface area (TPSA) is 34.4 Å². The molecule has 1 atom stereocenters. The van der Waals surface area contributed by atoms with Gasteiger partial charge in [-0.25, -0.2) is 0 Å². The maximum Gasteiger partial charge on any atom is 0.411 e. The Morgan fingerprint density at radius 3 is 2.63 bits per heavy atom. The summed E-state index contributed by atoms with van der Waals surface area (Å²) < 4.78 is 46.0. The van der Waals surface area contributed by atoms with Crippen LogP contribution in [-0.2, 0) is 4.74 Å². The molecule has 0 aliphatic rings. The molecule has 110 valence electrons. The number of halogens is 3. The van der Waals surface area contributed by atoms with Crippen molar-refractivity contribution in [3.05, 3.63) is 23.7 Å². The van der Waals surface area contributed by atoms with Gasteiger partial charge in [0.1, 0.15) is 18.1 Å². The first-order chi connectivity index (χ1) is 8.92. The molecule has 1 heterocycles. The minimum Gasteiger partial charge on any atom is -0.465 e. The fourth-order valence-corrected chi connectivity index (χ4v) is 1.69. The van der Waals surface area contributed by atoms with Gasteiger partial charge < -0.3 is 14.5 Å². The molecule has 0 amide bonds. The normalized spacial score (nSPS) is 13.7. The van der Waals surface area contributed by atoms with Gasteiger partial charge in [-0.1, -0.05) is 6.92 Å². The smallest absolute Gasteiger partial charge is 0.411 e. The third-order valence-corrected chi connectivity index (χ3v) is 2.56. The van der Waals surface area contributed by atoms with E-state index in [9.17, 15) is 13.2 Å². The second-order valence-electron chi connectivity index (χ2n) is 4.41. The number of hydrogen-bond acceptors (Lipinski definition) is 3. The van der Waals surface area contributed by atoms with Crippen molar-refractivity contribution in [1.29, 1.82) is 0 Å². The molecule has 0 aliphatic heterocycles. The van der Waals surface area contributed by atoms with E-state index >= 15 is 0 Å². The highest BCUT2D eigenvalue weighted by Gasteiger charge is 2.27. The summed E-state index contributed by atoms with van der Waals surface area (Å²) in [5.41, 5.74) is 0. The molecule has 6 heteroatoms. The lowest BCUT2D eigenvalue weighted by Crippen LogP contribution is -2.24. The van der Waals surface area contributed by atoms with E-state index in [-0.39, 0.29) is 12.6 Å². The summed E-state index contributed by atoms with van der Waals surface area (Å²) in [6.07, 6.45) is -2.88. The molecule has 0 spiro atoms. The molecule has 1 unspecified atom stereocenters. The molecule has 0 saturated carbocycles. The van der Waals surface area contributed by atoms with Crippen LogP contribution in [0.25, 0.3) is 0 Å². The zero-order valence-electron chi connectivity index (χ0n) is 11.2. The number of aryl methyl sites for hydroxylation is 1. The molecule has 0 aromatic carbocycles. The lowest BCUT2D eigenvalue weighted by atomic mass is 10.1. The van der Waals surface area contributed by atoms with Gasteiger partial charge >= 0.3 is 6.18 Å². The zero-order valence-corrected chi connectivity index (χ0v) is 11.2. The summed E-state index contributed by atoms with van der Waals surface area (Å²) in [5.74, 6) is 1.52. The Morgan fingerprint density at radius 1 is 1.37 bits per heavy atom. The lowest BCUT2D eigenvalue weighted by Gasteiger charge is -2.16. The van der Waals surface area contributed by atoms with Gasteiger partial charge in [0.15, 0.2) is 0 Å². The van der Waals surface area contributed by atoms with Crippen molar-refractivity contribution in [1.82, 2.24) is 5.32 Å². The van der Waals surface area contributed by atoms with Crippen LogP contribution >= 0.6 is 0 Å². The quantitative estimate of drug-likeness (QED) is 0.738. The van der Waals surface area contributed by atoms with Crippen LogP contribution in [0.4, 0.5) is 13.2 Å². The van der Waals surface area contributed by atoms with Gasteiger partial charge in [-0.15, -0.1) is 0 Å². The zero-order chi connectivity index (χ0) is 14.3. The second kappa shape index (κ2) is 7.55. The highest BCUT2D eigenvalue weighted by molar-refractivity contribution is 5.09. The molecule has 0 fully saturated rings. The molecular formula is C13H20F3NO2. The SMILES string of the molecule is CCCNC(CCOCC(F)(F)F)c1ccc(C)o1. The Hall–Kier alpha value is -1.01. The first-order valence-electron chi connectivity index (χ1n) is 6.36. The van der Waals surface area contributed by atoms with Crippen molar-refractivity contribution in [2.24, 2.45) is 0 Å². The van der Waals surface area contributed by atoms with Crippen molar-refractivity contribution in [3.63, 3.8) is 0 Å². The van der Waals surface area contributed by atoms with Crippen molar-refractivity contribution in [2.75, 3.05) is 19.8 Å². The van der Waals surface area contributed by atoms with E-state index in [1.165, 1.54) is 0 Å². The number of ether oxygens (including phenoxy) is 1. The first-order valence-corrected chi connectivity index (χ1v) is 6.36. The van der Waals surface area contributed by atoms with Crippen molar-refractivity contribution in [3.8, 4) is 0 Å². The van der Waals surface area contributed by atoms with Crippen molar-refractivity contribution in [2.45, 2.75) is 38.9 Å². The van der Waals surface area contributed by atoms with Crippen LogP contribution < -0.4 is 5.32 Å². The maximum absolute atomic E-state index is 11.9. The fourth-order valence-electron chi connectivity index (χ4n) is 1.69. The van der Waals surface area contributed by atoms with Gasteiger partial charge in [0.05, 0.1) is 6.04 Å². The lowest BCUT2D eigenvalue weighted by molar-refractivity contribution is -0.174. The molecule has 1 aromatic rings. The molecule has 0 radical (unpaired) electrons. The summed E-state index contributed by atoms with van der Waals surface area (Å²) in [4.78, 5) is 0. The number of nitrogens with one attached hydrogen (secondary N) is 1. The molecule has 3 nitrogen and oxygen atoms in total. The van der Waals surface area contributed by atoms with Crippen LogP contribution in [0.15, 0.2) is 16.5 Å². The van der Waals surface area contributed by atoms with Gasteiger partial charge in [0.2, 0.25) is 0 Å². The summed E-state index contributed by atoms with van der Waals surface area (Å²) in [6.45, 7) is 3.48. The number of hydrogen-bond donors (Lipinski definition) is 1. The van der Waals surface area contributed by atoms with Crippen molar-refractivity contribution >= 4 is 0 Å². The van der Waals surface area contributed by atoms with E-state index in [1.54, 1.807) is 0 Å². The monoisotopic (exact) mass is 279 g/mol. The van der Waals surface area contributed by atoms with Crippen LogP contribution in [0.3, 0.4) is 0 Å². The third-order valence-electron chi connectivity index (χ3n) is 2.56. The number of rotatable bonds is 8. The number of furan rings is 1. The minimum absolute atomic E-state index is 0.0423. The molecule has 19 heavy (non-hydrogen) atoms. The average molecular weight is 279 g/mol. The van der Waals surface area contributed by atoms with Crippen LogP contribution in [0, 0.1) is 6.92 Å². The standard InChI is InChI=1S/C13H20F3NO2/c1-3-7-17-11(12-5-4-10(2)19-12)6-8-18-9-13(14,15)16/h4-5,11,17H,3,6-9H2,1-2H3. The van der Waals surface area contributed by atoms with Crippen LogP contribution in [0.2, 0.25) is 0 Å². The van der Waals surface area contributed by atoms with Gasteiger partial charge in [-0.05, 0) is 38.4 Å². The highest BCUT2D eigenvalue weighted by Crippen LogP contribution is 2.20. The summed E-state index contributed by atoms with van der Waals surface area (Å²) in [5, 5.41) is 3.24. The maximum atomic E-state index is 11.9. The summed E-state index contributed by atoms with van der Waals surface area (Å²) >= 11 is 0. The highest BCUT2D eigenvalue weighted by atomic mass is 19.4. The molecule has 0 aliphatic carbocycles. The summed E-state index contributed by atoms with van der Waals surface area (Å²) in [7, 11) is 0. The van der Waals surface area contributed by atoms with Gasteiger partial charge in [-0.3, -0.25) is 0 Å². The predicted octanol–water partition coefficient (Wildman–Crippen LogP) is 3.60. The van der Waals surface area contributed by atoms with E-state index in [4.69, 9.17) is 4.42 Å². The van der Waals surface area contributed by atoms with Crippen LogP contribution in [0.1, 0.15) is 37.3 Å². The fraction of sp³-hybridized carbons (Fsp3) is 0.692. The van der Waals surface area contributed by atoms with Gasteiger partial charge in [0.25, 0.3) is 0 Å². The Labute approximate surface area is 111 Å². The van der Waals surface area contributed by atoms with E-state index in [2.05, 4.69) is 10.1 Å². The Morgan fingerprint density at radius 2 is 2.11 bits per heavy atom. The average Bonchev–Trinajstić information content (AvgIpc) is 2.73. The Bertz CT molecular complexity index is 363. The van der Waals surface area contributed by atoms with Crippen LogP contribution in [-0.4, -0.2) is 25.9 Å². The Balaban J connectivity index is 2.42. The molecule has 0 bridgehead atoms. The molecule has 1 rings (SSSR count). The van der Waals surface area contributed by atoms with E-state index in [0.717, 1.165) is 24.5 Å². The third kappa shape index (κ3) is 6.63. The van der Waals surface area contributed by atoms with Gasteiger partial charge in [0, 0.05) is 6.61 Å². The first kappa shape index (κ1) is 16.0. The predicted molar refractivity (Wildman–Crippen MR) is 66.0 cm³/mol. The van der Waals surface area contributed by atoms with Crippen molar-refractivity contribution < 1.29 is 22.3 Å². The van der Waals surface area contributed by atoms with E-state index in [0.29, 0.717) is 6.42 Å². The molecular weight excluding hydrogens is 259 g/mol. The molecule has 0 saturated heterocycles. The summed E-state index contributed by atoms with van der Waals surface area (Å²) in [6, 6.07) is 3.57. The minimum atomic E-state index is -4.27. The van der Waals surface area contributed by atoms with Gasteiger partial charge in [-0.2, -0.15) is 13.2 Å². The van der Waals surface area contributed by atoms with E-state index in [1.807, 2.05) is 26.0 Å². The molecule has 1 aromatic heterocycles.